The molecule has 26 heavy (non-hydrogen) atoms. The number of ether oxygens (including phenoxy) is 3. The normalized spacial score (nSPS) is 11.8. The molecule has 0 bridgehead atoms. The Bertz CT molecular complexity index is 783. The summed E-state index contributed by atoms with van der Waals surface area (Å²) >= 11 is 0. The van der Waals surface area contributed by atoms with Crippen molar-refractivity contribution in [3.8, 4) is 17.2 Å². The summed E-state index contributed by atoms with van der Waals surface area (Å²) in [5.41, 5.74) is 0.727. The van der Waals surface area contributed by atoms with Gasteiger partial charge >= 0.3 is 6.61 Å². The van der Waals surface area contributed by atoms with Crippen molar-refractivity contribution in [2.45, 2.75) is 19.6 Å². The van der Waals surface area contributed by atoms with Crippen molar-refractivity contribution < 1.29 is 32.2 Å². The van der Waals surface area contributed by atoms with Crippen molar-refractivity contribution in [1.82, 2.24) is 5.32 Å². The SMILES string of the molecule is COc1ccc([C@H](C)NC(=O)c2ccc(OC(F)F)c(OC)c2)cc1F. The van der Waals surface area contributed by atoms with Crippen LogP contribution in [0.25, 0.3) is 0 Å². The molecule has 0 fully saturated rings. The maximum atomic E-state index is 13.8. The van der Waals surface area contributed by atoms with E-state index in [0.29, 0.717) is 5.56 Å². The molecular formula is C18H18F3NO4. The summed E-state index contributed by atoms with van der Waals surface area (Å²) in [5.74, 6) is -1.09. The maximum absolute atomic E-state index is 13.8. The van der Waals surface area contributed by atoms with Crippen LogP contribution >= 0.6 is 0 Å². The van der Waals surface area contributed by atoms with E-state index in [1.54, 1.807) is 13.0 Å². The Balaban J connectivity index is 2.15. The number of carbonyl (C=O) groups is 1. The van der Waals surface area contributed by atoms with Crippen LogP contribution in [0, 0.1) is 5.82 Å². The first-order valence-electron chi connectivity index (χ1n) is 7.62. The number of nitrogens with one attached hydrogen (secondary N) is 1. The van der Waals surface area contributed by atoms with Gasteiger partial charge in [-0.15, -0.1) is 0 Å². The predicted molar refractivity (Wildman–Crippen MR) is 88.5 cm³/mol. The second-order valence-electron chi connectivity index (χ2n) is 5.33. The van der Waals surface area contributed by atoms with Crippen LogP contribution in [-0.4, -0.2) is 26.7 Å². The number of amides is 1. The van der Waals surface area contributed by atoms with E-state index in [1.807, 2.05) is 0 Å². The second-order valence-corrected chi connectivity index (χ2v) is 5.33. The molecule has 0 saturated carbocycles. The molecule has 2 aromatic carbocycles. The van der Waals surface area contributed by atoms with Gasteiger partial charge in [0.15, 0.2) is 23.1 Å². The molecule has 0 heterocycles. The van der Waals surface area contributed by atoms with E-state index in [9.17, 15) is 18.0 Å². The highest BCUT2D eigenvalue weighted by Crippen LogP contribution is 2.30. The van der Waals surface area contributed by atoms with Crippen LogP contribution in [-0.2, 0) is 0 Å². The number of methoxy groups -OCH3 is 2. The lowest BCUT2D eigenvalue weighted by Crippen LogP contribution is -2.26. The van der Waals surface area contributed by atoms with Gasteiger partial charge in [0.05, 0.1) is 20.3 Å². The zero-order chi connectivity index (χ0) is 19.3. The molecule has 2 aromatic rings. The molecule has 8 heteroatoms. The molecule has 140 valence electrons. The first-order valence-corrected chi connectivity index (χ1v) is 7.62. The maximum Gasteiger partial charge on any atom is 0.387 e. The molecular weight excluding hydrogens is 351 g/mol. The highest BCUT2D eigenvalue weighted by atomic mass is 19.3. The summed E-state index contributed by atoms with van der Waals surface area (Å²) < 4.78 is 52.6. The molecule has 2 rings (SSSR count). The van der Waals surface area contributed by atoms with Crippen LogP contribution in [0.2, 0.25) is 0 Å². The summed E-state index contributed by atoms with van der Waals surface area (Å²) in [6.07, 6.45) is 0. The topological polar surface area (TPSA) is 56.8 Å². The lowest BCUT2D eigenvalue weighted by Gasteiger charge is -2.16. The number of hydrogen-bond acceptors (Lipinski definition) is 4. The third-order valence-corrected chi connectivity index (χ3v) is 3.67. The standard InChI is InChI=1S/C18H18F3NO4/c1-10(11-4-6-14(24-2)13(19)8-11)22-17(23)12-5-7-15(26-18(20)21)16(9-12)25-3/h4-10,18H,1-3H3,(H,22,23)/t10-/m0/s1. The van der Waals surface area contributed by atoms with Gasteiger partial charge in [-0.05, 0) is 42.8 Å². The Hall–Kier alpha value is -2.90. The molecule has 0 unspecified atom stereocenters. The van der Waals surface area contributed by atoms with Crippen LogP contribution in [0.1, 0.15) is 28.9 Å². The van der Waals surface area contributed by atoms with Gasteiger partial charge in [0, 0.05) is 5.56 Å². The average Bonchev–Trinajstić information content (AvgIpc) is 2.61. The fraction of sp³-hybridized carbons (Fsp3) is 0.278. The highest BCUT2D eigenvalue weighted by molar-refractivity contribution is 5.95. The van der Waals surface area contributed by atoms with Crippen LogP contribution in [0.3, 0.4) is 0 Å². The number of hydrogen-bond donors (Lipinski definition) is 1. The van der Waals surface area contributed by atoms with E-state index in [-0.39, 0.29) is 22.8 Å². The van der Waals surface area contributed by atoms with Gasteiger partial charge in [-0.25, -0.2) is 4.39 Å². The summed E-state index contributed by atoms with van der Waals surface area (Å²) in [5, 5.41) is 2.70. The Kier molecular flexibility index (Phi) is 6.32. The monoisotopic (exact) mass is 369 g/mol. The lowest BCUT2D eigenvalue weighted by atomic mass is 10.1. The van der Waals surface area contributed by atoms with Gasteiger partial charge in [-0.1, -0.05) is 6.07 Å². The zero-order valence-electron chi connectivity index (χ0n) is 14.4. The minimum Gasteiger partial charge on any atom is -0.494 e. The Morgan fingerprint density at radius 2 is 1.65 bits per heavy atom. The smallest absolute Gasteiger partial charge is 0.387 e. The quantitative estimate of drug-likeness (QED) is 0.803. The third-order valence-electron chi connectivity index (χ3n) is 3.67. The number of alkyl halides is 2. The average molecular weight is 369 g/mol. The molecule has 1 atom stereocenters. The van der Waals surface area contributed by atoms with Gasteiger partial charge in [0.2, 0.25) is 0 Å². The van der Waals surface area contributed by atoms with Gasteiger partial charge in [-0.3, -0.25) is 4.79 Å². The second kappa shape index (κ2) is 8.46. The molecule has 0 radical (unpaired) electrons. The zero-order valence-corrected chi connectivity index (χ0v) is 14.4. The number of halogens is 3. The van der Waals surface area contributed by atoms with Crippen LogP contribution in [0.5, 0.6) is 17.2 Å². The number of rotatable bonds is 7. The van der Waals surface area contributed by atoms with E-state index in [1.165, 1.54) is 44.6 Å². The largest absolute Gasteiger partial charge is 0.494 e. The van der Waals surface area contributed by atoms with E-state index >= 15 is 0 Å². The molecule has 0 saturated heterocycles. The van der Waals surface area contributed by atoms with Crippen molar-refractivity contribution in [2.75, 3.05) is 14.2 Å². The predicted octanol–water partition coefficient (Wildman–Crippen LogP) is 3.94. The highest BCUT2D eigenvalue weighted by Gasteiger charge is 2.17. The Labute approximate surface area is 148 Å². The molecule has 0 aromatic heterocycles. The van der Waals surface area contributed by atoms with Crippen LogP contribution in [0.15, 0.2) is 36.4 Å². The number of benzene rings is 2. The molecule has 1 amide bonds. The van der Waals surface area contributed by atoms with Gasteiger partial charge < -0.3 is 19.5 Å². The summed E-state index contributed by atoms with van der Waals surface area (Å²) in [7, 11) is 2.64. The van der Waals surface area contributed by atoms with Crippen molar-refractivity contribution in [3.05, 3.63) is 53.3 Å². The van der Waals surface area contributed by atoms with Crippen LogP contribution in [0.4, 0.5) is 13.2 Å². The Morgan fingerprint density at radius 1 is 1.00 bits per heavy atom. The first-order chi connectivity index (χ1) is 12.3. The van der Waals surface area contributed by atoms with Crippen molar-refractivity contribution in [2.24, 2.45) is 0 Å². The minimum atomic E-state index is -3.01. The molecule has 0 aliphatic carbocycles. The lowest BCUT2D eigenvalue weighted by molar-refractivity contribution is -0.0512. The number of carbonyl (C=O) groups excluding carboxylic acids is 1. The van der Waals surface area contributed by atoms with E-state index in [2.05, 4.69) is 10.1 Å². The molecule has 0 spiro atoms. The molecule has 5 nitrogen and oxygen atoms in total. The summed E-state index contributed by atoms with van der Waals surface area (Å²) in [4.78, 5) is 12.4. The van der Waals surface area contributed by atoms with Gasteiger partial charge in [0.1, 0.15) is 0 Å². The summed E-state index contributed by atoms with van der Waals surface area (Å²) in [6.45, 7) is -1.32. The fourth-order valence-corrected chi connectivity index (χ4v) is 2.32. The Morgan fingerprint density at radius 3 is 2.23 bits per heavy atom. The van der Waals surface area contributed by atoms with E-state index < -0.39 is 24.4 Å². The van der Waals surface area contributed by atoms with Crippen LogP contribution < -0.4 is 19.5 Å². The minimum absolute atomic E-state index is 0.00101. The molecule has 0 aliphatic rings. The van der Waals surface area contributed by atoms with E-state index in [0.717, 1.165) is 0 Å². The molecule has 0 aliphatic heterocycles. The first kappa shape index (κ1) is 19.4. The third kappa shape index (κ3) is 4.59. The van der Waals surface area contributed by atoms with Crippen molar-refractivity contribution in [3.63, 3.8) is 0 Å². The van der Waals surface area contributed by atoms with Gasteiger partial charge in [0.25, 0.3) is 5.91 Å². The van der Waals surface area contributed by atoms with Crippen molar-refractivity contribution in [1.29, 1.82) is 0 Å². The fourth-order valence-electron chi connectivity index (χ4n) is 2.32. The van der Waals surface area contributed by atoms with E-state index in [4.69, 9.17) is 9.47 Å². The van der Waals surface area contributed by atoms with Gasteiger partial charge in [-0.2, -0.15) is 8.78 Å². The molecule has 1 N–H and O–H groups in total. The van der Waals surface area contributed by atoms with Crippen molar-refractivity contribution >= 4 is 5.91 Å². The summed E-state index contributed by atoms with van der Waals surface area (Å²) in [6, 6.07) is 7.71.